The van der Waals surface area contributed by atoms with Gasteiger partial charge in [-0.1, -0.05) is 23.7 Å². The van der Waals surface area contributed by atoms with Gasteiger partial charge in [0.25, 0.3) is 0 Å². The number of carbonyl (C=O) groups excluding carboxylic acids is 1. The van der Waals surface area contributed by atoms with E-state index in [0.29, 0.717) is 10.6 Å². The summed E-state index contributed by atoms with van der Waals surface area (Å²) in [5, 5.41) is 18.9. The molecule has 1 aliphatic heterocycles. The van der Waals surface area contributed by atoms with Gasteiger partial charge in [-0.05, 0) is 35.9 Å². The van der Waals surface area contributed by atoms with Gasteiger partial charge in [-0.15, -0.1) is 0 Å². The number of cyclic esters (lactones) is 1. The molecule has 7 heteroatoms. The smallest absolute Gasteiger partial charge is 0.344 e. The molecule has 0 aromatic heterocycles. The van der Waals surface area contributed by atoms with E-state index < -0.39 is 29.0 Å². The standard InChI is InChI=1S/C17H9ClO6/c18-9-3-1-8(2-4-9)5-14-10-6-11(15(19)20)12(16(21)22)7-13(10)17(23)24-14/h1-7H,(H,19,20)(H,21,22)/b14-5-. The average molecular weight is 345 g/mol. The van der Waals surface area contributed by atoms with E-state index in [9.17, 15) is 19.5 Å². The largest absolute Gasteiger partial charge is 0.478 e. The molecule has 1 heterocycles. The third kappa shape index (κ3) is 2.75. The van der Waals surface area contributed by atoms with Gasteiger partial charge in [0.2, 0.25) is 0 Å². The lowest BCUT2D eigenvalue weighted by molar-refractivity contribution is 0.0651. The number of hydrogen-bond donors (Lipinski definition) is 2. The van der Waals surface area contributed by atoms with Gasteiger partial charge >= 0.3 is 17.9 Å². The Morgan fingerprint density at radius 1 is 0.958 bits per heavy atom. The van der Waals surface area contributed by atoms with Gasteiger partial charge in [0.05, 0.1) is 16.7 Å². The molecule has 0 atom stereocenters. The Bertz CT molecular complexity index is 911. The summed E-state index contributed by atoms with van der Waals surface area (Å²) in [6.07, 6.45) is 1.55. The van der Waals surface area contributed by atoms with Gasteiger partial charge in [-0.3, -0.25) is 0 Å². The highest BCUT2D eigenvalue weighted by Gasteiger charge is 2.31. The molecule has 24 heavy (non-hydrogen) atoms. The molecule has 0 bridgehead atoms. The van der Waals surface area contributed by atoms with Crippen LogP contribution >= 0.6 is 11.6 Å². The van der Waals surface area contributed by atoms with Crippen molar-refractivity contribution in [2.24, 2.45) is 0 Å². The van der Waals surface area contributed by atoms with Gasteiger partial charge < -0.3 is 14.9 Å². The molecular formula is C17H9ClO6. The molecule has 120 valence electrons. The number of aromatic carboxylic acids is 2. The van der Waals surface area contributed by atoms with E-state index in [2.05, 4.69) is 0 Å². The molecule has 6 nitrogen and oxygen atoms in total. The predicted molar refractivity (Wildman–Crippen MR) is 85.1 cm³/mol. The summed E-state index contributed by atoms with van der Waals surface area (Å²) in [6, 6.07) is 8.86. The molecule has 0 aliphatic carbocycles. The molecule has 0 spiro atoms. The summed E-state index contributed by atoms with van der Waals surface area (Å²) in [6.45, 7) is 0. The number of carboxylic acid groups (broad SMARTS) is 2. The van der Waals surface area contributed by atoms with Crippen molar-refractivity contribution in [3.63, 3.8) is 0 Å². The van der Waals surface area contributed by atoms with Crippen LogP contribution < -0.4 is 0 Å². The molecule has 0 amide bonds. The molecule has 2 aromatic carbocycles. The lowest BCUT2D eigenvalue weighted by Crippen LogP contribution is -2.10. The van der Waals surface area contributed by atoms with Crippen LogP contribution in [0.2, 0.25) is 5.02 Å². The highest BCUT2D eigenvalue weighted by atomic mass is 35.5. The Labute approximate surface area is 140 Å². The van der Waals surface area contributed by atoms with Gasteiger partial charge in [0.1, 0.15) is 5.76 Å². The van der Waals surface area contributed by atoms with Crippen molar-refractivity contribution < 1.29 is 29.3 Å². The van der Waals surface area contributed by atoms with E-state index in [1.807, 2.05) is 0 Å². The van der Waals surface area contributed by atoms with Crippen LogP contribution in [0.25, 0.3) is 11.8 Å². The SMILES string of the molecule is O=C(O)c1cc2c(cc1C(=O)O)/C(=C/c1ccc(Cl)cc1)OC2=O. The number of carboxylic acids is 2. The first kappa shape index (κ1) is 15.8. The third-order valence-corrected chi connectivity index (χ3v) is 3.73. The first-order valence-corrected chi connectivity index (χ1v) is 7.09. The van der Waals surface area contributed by atoms with Crippen molar-refractivity contribution in [2.45, 2.75) is 0 Å². The zero-order valence-electron chi connectivity index (χ0n) is 11.9. The van der Waals surface area contributed by atoms with Crippen LogP contribution in [-0.2, 0) is 4.74 Å². The predicted octanol–water partition coefficient (Wildman–Crippen LogP) is 3.40. The van der Waals surface area contributed by atoms with E-state index in [1.54, 1.807) is 30.3 Å². The fraction of sp³-hybridized carbons (Fsp3) is 0. The van der Waals surface area contributed by atoms with Crippen LogP contribution in [0, 0.1) is 0 Å². The number of esters is 1. The van der Waals surface area contributed by atoms with E-state index in [0.717, 1.165) is 12.1 Å². The minimum absolute atomic E-state index is 0.0117. The fourth-order valence-electron chi connectivity index (χ4n) is 2.35. The van der Waals surface area contributed by atoms with Crippen LogP contribution in [0.15, 0.2) is 36.4 Å². The Balaban J connectivity index is 2.16. The zero-order chi connectivity index (χ0) is 17.4. The maximum absolute atomic E-state index is 12.0. The van der Waals surface area contributed by atoms with Crippen molar-refractivity contribution in [3.05, 3.63) is 69.2 Å². The molecule has 0 unspecified atom stereocenters. The van der Waals surface area contributed by atoms with Crippen molar-refractivity contribution >= 4 is 41.3 Å². The Kier molecular flexibility index (Phi) is 3.83. The fourth-order valence-corrected chi connectivity index (χ4v) is 2.48. The van der Waals surface area contributed by atoms with Gasteiger partial charge in [0, 0.05) is 10.6 Å². The summed E-state index contributed by atoms with van der Waals surface area (Å²) >= 11 is 5.81. The first-order valence-electron chi connectivity index (χ1n) is 6.71. The van der Waals surface area contributed by atoms with Crippen LogP contribution in [0.5, 0.6) is 0 Å². The Hall–Kier alpha value is -3.12. The number of halogens is 1. The van der Waals surface area contributed by atoms with Crippen molar-refractivity contribution in [3.8, 4) is 0 Å². The summed E-state index contributed by atoms with van der Waals surface area (Å²) in [5.41, 5.74) is 0.0525. The lowest BCUT2D eigenvalue weighted by atomic mass is 9.98. The normalized spacial score (nSPS) is 14.4. The molecule has 1 aliphatic rings. The second-order valence-corrected chi connectivity index (χ2v) is 5.44. The Morgan fingerprint density at radius 2 is 1.50 bits per heavy atom. The maximum atomic E-state index is 12.0. The highest BCUT2D eigenvalue weighted by Crippen LogP contribution is 2.33. The lowest BCUT2D eigenvalue weighted by Gasteiger charge is -2.04. The van der Waals surface area contributed by atoms with E-state index in [4.69, 9.17) is 21.4 Å². The second-order valence-electron chi connectivity index (χ2n) is 5.00. The number of carbonyl (C=O) groups is 3. The average Bonchev–Trinajstić information content (AvgIpc) is 2.84. The minimum atomic E-state index is -1.43. The van der Waals surface area contributed by atoms with Gasteiger partial charge in [-0.2, -0.15) is 0 Å². The maximum Gasteiger partial charge on any atom is 0.344 e. The van der Waals surface area contributed by atoms with Crippen LogP contribution in [-0.4, -0.2) is 28.1 Å². The van der Waals surface area contributed by atoms with Crippen molar-refractivity contribution in [2.75, 3.05) is 0 Å². The van der Waals surface area contributed by atoms with E-state index in [1.165, 1.54) is 0 Å². The van der Waals surface area contributed by atoms with E-state index in [-0.39, 0.29) is 16.9 Å². The summed E-state index contributed by atoms with van der Waals surface area (Å²) in [5.74, 6) is -3.42. The number of fused-ring (bicyclic) bond motifs is 1. The third-order valence-electron chi connectivity index (χ3n) is 3.47. The molecule has 0 radical (unpaired) electrons. The van der Waals surface area contributed by atoms with Crippen molar-refractivity contribution in [1.82, 2.24) is 0 Å². The zero-order valence-corrected chi connectivity index (χ0v) is 12.7. The quantitative estimate of drug-likeness (QED) is 0.827. The van der Waals surface area contributed by atoms with Crippen molar-refractivity contribution in [1.29, 1.82) is 0 Å². The molecule has 0 saturated heterocycles. The molecule has 0 saturated carbocycles. The monoisotopic (exact) mass is 344 g/mol. The molecule has 2 N–H and O–H groups in total. The number of rotatable bonds is 3. The van der Waals surface area contributed by atoms with Crippen LogP contribution in [0.1, 0.15) is 42.2 Å². The van der Waals surface area contributed by atoms with Gasteiger partial charge in [-0.25, -0.2) is 14.4 Å². The van der Waals surface area contributed by atoms with Crippen LogP contribution in [0.4, 0.5) is 0 Å². The highest BCUT2D eigenvalue weighted by molar-refractivity contribution is 6.30. The molecule has 3 rings (SSSR count). The first-order chi connectivity index (χ1) is 11.4. The molecule has 2 aromatic rings. The summed E-state index contributed by atoms with van der Waals surface area (Å²) in [4.78, 5) is 34.4. The van der Waals surface area contributed by atoms with Gasteiger partial charge in [0.15, 0.2) is 0 Å². The summed E-state index contributed by atoms with van der Waals surface area (Å²) in [7, 11) is 0. The van der Waals surface area contributed by atoms with Crippen LogP contribution in [0.3, 0.4) is 0 Å². The number of ether oxygens (including phenoxy) is 1. The minimum Gasteiger partial charge on any atom is -0.478 e. The molecular weight excluding hydrogens is 336 g/mol. The topological polar surface area (TPSA) is 101 Å². The molecule has 0 fully saturated rings. The Morgan fingerprint density at radius 3 is 2.04 bits per heavy atom. The summed E-state index contributed by atoms with van der Waals surface area (Å²) < 4.78 is 5.14. The number of hydrogen-bond acceptors (Lipinski definition) is 4. The van der Waals surface area contributed by atoms with E-state index >= 15 is 0 Å². The second kappa shape index (κ2) is 5.82. The number of benzene rings is 2.